The van der Waals surface area contributed by atoms with E-state index in [0.29, 0.717) is 12.0 Å². The van der Waals surface area contributed by atoms with Crippen molar-refractivity contribution in [3.63, 3.8) is 0 Å². The monoisotopic (exact) mass is 283 g/mol. The molecule has 110 valence electrons. The molecular weight excluding hydrogens is 254 g/mol. The molecular formula is C15H29N3S. The summed E-state index contributed by atoms with van der Waals surface area (Å²) in [5.74, 6) is 0.505. The first-order valence-electron chi connectivity index (χ1n) is 7.42. The number of hydrogen-bond acceptors (Lipinski definition) is 4. The standard InChI is InChI=1S/C15H29N3S/c1-7-18(8-2)10-14-17-15(11(3)4)13(19-14)9-16-12(5)6/h11-12,16H,7-10H2,1-6H3. The van der Waals surface area contributed by atoms with Gasteiger partial charge in [0.1, 0.15) is 5.01 Å². The molecule has 0 bridgehead atoms. The summed E-state index contributed by atoms with van der Waals surface area (Å²) in [5.41, 5.74) is 1.28. The van der Waals surface area contributed by atoms with Crippen LogP contribution in [0.2, 0.25) is 0 Å². The van der Waals surface area contributed by atoms with Crippen LogP contribution in [0.3, 0.4) is 0 Å². The summed E-state index contributed by atoms with van der Waals surface area (Å²) in [6.45, 7) is 17.4. The van der Waals surface area contributed by atoms with Crippen molar-refractivity contribution in [1.29, 1.82) is 0 Å². The fourth-order valence-corrected chi connectivity index (χ4v) is 3.21. The summed E-state index contributed by atoms with van der Waals surface area (Å²) < 4.78 is 0. The van der Waals surface area contributed by atoms with Gasteiger partial charge in [-0.15, -0.1) is 11.3 Å². The maximum atomic E-state index is 4.86. The second-order valence-electron chi connectivity index (χ2n) is 5.57. The van der Waals surface area contributed by atoms with E-state index in [2.05, 4.69) is 51.8 Å². The molecule has 0 fully saturated rings. The van der Waals surface area contributed by atoms with Crippen LogP contribution in [0.1, 0.15) is 63.0 Å². The largest absolute Gasteiger partial charge is 0.310 e. The number of nitrogens with zero attached hydrogens (tertiary/aromatic N) is 2. The second-order valence-corrected chi connectivity index (χ2v) is 6.74. The molecule has 0 aliphatic rings. The highest BCUT2D eigenvalue weighted by atomic mass is 32.1. The molecule has 1 heterocycles. The molecule has 0 unspecified atom stereocenters. The van der Waals surface area contributed by atoms with Gasteiger partial charge in [0.15, 0.2) is 0 Å². The minimum absolute atomic E-state index is 0.505. The minimum Gasteiger partial charge on any atom is -0.310 e. The third-order valence-corrected chi connectivity index (χ3v) is 4.30. The van der Waals surface area contributed by atoms with Gasteiger partial charge in [-0.3, -0.25) is 4.90 Å². The third kappa shape index (κ3) is 5.21. The molecule has 0 aliphatic heterocycles. The van der Waals surface area contributed by atoms with E-state index in [0.717, 1.165) is 26.2 Å². The minimum atomic E-state index is 0.505. The second kappa shape index (κ2) is 7.98. The van der Waals surface area contributed by atoms with Gasteiger partial charge in [0.25, 0.3) is 0 Å². The van der Waals surface area contributed by atoms with Gasteiger partial charge in [0, 0.05) is 17.5 Å². The zero-order chi connectivity index (χ0) is 14.4. The first-order chi connectivity index (χ1) is 8.97. The van der Waals surface area contributed by atoms with Crippen molar-refractivity contribution in [2.24, 2.45) is 0 Å². The molecule has 0 spiro atoms. The first kappa shape index (κ1) is 16.6. The lowest BCUT2D eigenvalue weighted by Crippen LogP contribution is -2.22. The summed E-state index contributed by atoms with van der Waals surface area (Å²) in [5, 5.41) is 4.77. The van der Waals surface area contributed by atoms with Gasteiger partial charge >= 0.3 is 0 Å². The number of nitrogens with one attached hydrogen (secondary N) is 1. The lowest BCUT2D eigenvalue weighted by molar-refractivity contribution is 0.295. The Hall–Kier alpha value is -0.450. The van der Waals surface area contributed by atoms with Gasteiger partial charge in [-0.1, -0.05) is 41.5 Å². The lowest BCUT2D eigenvalue weighted by Gasteiger charge is -2.15. The SMILES string of the molecule is CCN(CC)Cc1nc(C(C)C)c(CNC(C)C)s1. The summed E-state index contributed by atoms with van der Waals surface area (Å²) in [7, 11) is 0. The smallest absolute Gasteiger partial charge is 0.107 e. The van der Waals surface area contributed by atoms with E-state index in [1.165, 1.54) is 15.6 Å². The summed E-state index contributed by atoms with van der Waals surface area (Å²) >= 11 is 1.87. The van der Waals surface area contributed by atoms with Gasteiger partial charge in [-0.05, 0) is 19.0 Å². The van der Waals surface area contributed by atoms with Crippen molar-refractivity contribution in [2.75, 3.05) is 13.1 Å². The van der Waals surface area contributed by atoms with Crippen LogP contribution in [-0.2, 0) is 13.1 Å². The van der Waals surface area contributed by atoms with Crippen molar-refractivity contribution in [3.05, 3.63) is 15.6 Å². The molecule has 0 radical (unpaired) electrons. The molecule has 3 nitrogen and oxygen atoms in total. The fraction of sp³-hybridized carbons (Fsp3) is 0.800. The highest BCUT2D eigenvalue weighted by Crippen LogP contribution is 2.26. The van der Waals surface area contributed by atoms with Crippen molar-refractivity contribution < 1.29 is 0 Å². The molecule has 19 heavy (non-hydrogen) atoms. The van der Waals surface area contributed by atoms with E-state index in [4.69, 9.17) is 4.98 Å². The van der Waals surface area contributed by atoms with E-state index in [-0.39, 0.29) is 0 Å². The number of rotatable bonds is 8. The van der Waals surface area contributed by atoms with E-state index >= 15 is 0 Å². The Morgan fingerprint density at radius 3 is 2.26 bits per heavy atom. The van der Waals surface area contributed by atoms with Crippen LogP contribution in [0.5, 0.6) is 0 Å². The molecule has 0 saturated carbocycles. The Balaban J connectivity index is 2.81. The van der Waals surface area contributed by atoms with Crippen LogP contribution in [0.25, 0.3) is 0 Å². The van der Waals surface area contributed by atoms with Gasteiger partial charge in [-0.25, -0.2) is 4.98 Å². The van der Waals surface area contributed by atoms with E-state index in [1.807, 2.05) is 11.3 Å². The Morgan fingerprint density at radius 2 is 1.79 bits per heavy atom. The normalized spacial score (nSPS) is 12.1. The van der Waals surface area contributed by atoms with Crippen molar-refractivity contribution >= 4 is 11.3 Å². The number of thiazole rings is 1. The molecule has 0 aromatic carbocycles. The van der Waals surface area contributed by atoms with Crippen LogP contribution in [0, 0.1) is 0 Å². The molecule has 1 rings (SSSR count). The molecule has 0 saturated heterocycles. The van der Waals surface area contributed by atoms with Gasteiger partial charge in [-0.2, -0.15) is 0 Å². The highest BCUT2D eigenvalue weighted by molar-refractivity contribution is 7.11. The quantitative estimate of drug-likeness (QED) is 0.790. The van der Waals surface area contributed by atoms with Crippen LogP contribution in [-0.4, -0.2) is 29.0 Å². The van der Waals surface area contributed by atoms with Crippen molar-refractivity contribution in [2.45, 2.75) is 66.6 Å². The van der Waals surface area contributed by atoms with Crippen LogP contribution in [0.15, 0.2) is 0 Å². The molecule has 1 aromatic rings. The van der Waals surface area contributed by atoms with E-state index < -0.39 is 0 Å². The van der Waals surface area contributed by atoms with Crippen LogP contribution >= 0.6 is 11.3 Å². The topological polar surface area (TPSA) is 28.2 Å². The molecule has 0 amide bonds. The maximum absolute atomic E-state index is 4.86. The van der Waals surface area contributed by atoms with E-state index in [1.54, 1.807) is 0 Å². The predicted octanol–water partition coefficient (Wildman–Crippen LogP) is 3.61. The highest BCUT2D eigenvalue weighted by Gasteiger charge is 2.15. The van der Waals surface area contributed by atoms with Gasteiger partial charge in [0.2, 0.25) is 0 Å². The Morgan fingerprint density at radius 1 is 1.16 bits per heavy atom. The average Bonchev–Trinajstić information content (AvgIpc) is 2.76. The molecule has 1 N–H and O–H groups in total. The zero-order valence-corrected chi connectivity index (χ0v) is 14.1. The number of aromatic nitrogens is 1. The van der Waals surface area contributed by atoms with Gasteiger partial charge in [0.05, 0.1) is 12.2 Å². The molecule has 0 atom stereocenters. The Bertz CT molecular complexity index is 367. The first-order valence-corrected chi connectivity index (χ1v) is 8.23. The zero-order valence-electron chi connectivity index (χ0n) is 13.3. The van der Waals surface area contributed by atoms with Crippen LogP contribution < -0.4 is 5.32 Å². The van der Waals surface area contributed by atoms with Crippen molar-refractivity contribution in [1.82, 2.24) is 15.2 Å². The maximum Gasteiger partial charge on any atom is 0.107 e. The lowest BCUT2D eigenvalue weighted by atomic mass is 10.1. The Labute approximate surface area is 122 Å². The molecule has 1 aromatic heterocycles. The number of hydrogen-bond donors (Lipinski definition) is 1. The fourth-order valence-electron chi connectivity index (χ4n) is 1.99. The van der Waals surface area contributed by atoms with E-state index in [9.17, 15) is 0 Å². The summed E-state index contributed by atoms with van der Waals surface area (Å²) in [4.78, 5) is 8.69. The predicted molar refractivity (Wildman–Crippen MR) is 84.8 cm³/mol. The van der Waals surface area contributed by atoms with Gasteiger partial charge < -0.3 is 5.32 Å². The third-order valence-electron chi connectivity index (χ3n) is 3.24. The average molecular weight is 283 g/mol. The molecule has 4 heteroatoms. The summed E-state index contributed by atoms with van der Waals surface area (Å²) in [6.07, 6.45) is 0. The molecule has 0 aliphatic carbocycles. The van der Waals surface area contributed by atoms with Crippen molar-refractivity contribution in [3.8, 4) is 0 Å². The van der Waals surface area contributed by atoms with Crippen LogP contribution in [0.4, 0.5) is 0 Å². The summed E-state index contributed by atoms with van der Waals surface area (Å²) in [6, 6.07) is 0.522. The Kier molecular flexibility index (Phi) is 6.97.